The van der Waals surface area contributed by atoms with Crippen molar-refractivity contribution in [2.24, 2.45) is 0 Å². The summed E-state index contributed by atoms with van der Waals surface area (Å²) < 4.78 is 3.38. The Kier molecular flexibility index (Phi) is 4.14. The second-order valence-electron chi connectivity index (χ2n) is 4.18. The number of carboxylic acid groups (broad SMARTS) is 2. The number of aliphatic carboxylic acids is 2. The van der Waals surface area contributed by atoms with E-state index in [1.807, 2.05) is 0 Å². The summed E-state index contributed by atoms with van der Waals surface area (Å²) in [4.78, 5) is 29.6. The number of carbonyl (C=O) groups is 2. The average molecular weight is 278 g/mol. The second kappa shape index (κ2) is 6.00. The maximum absolute atomic E-state index is 10.6. The van der Waals surface area contributed by atoms with Crippen molar-refractivity contribution < 1.29 is 19.8 Å². The van der Waals surface area contributed by atoms with Gasteiger partial charge in [-0.05, 0) is 0 Å². The number of hydrogen-bond acceptors (Lipinski definition) is 4. The molecule has 0 amide bonds. The van der Waals surface area contributed by atoms with Crippen LogP contribution in [0.2, 0.25) is 0 Å². The fraction of sp³-hybridized carbons (Fsp3) is 0.333. The highest BCUT2D eigenvalue weighted by atomic mass is 16.4. The second-order valence-corrected chi connectivity index (χ2v) is 4.18. The lowest BCUT2D eigenvalue weighted by Crippen LogP contribution is -2.10. The summed E-state index contributed by atoms with van der Waals surface area (Å²) >= 11 is 0. The van der Waals surface area contributed by atoms with Crippen LogP contribution in [0.1, 0.15) is 12.8 Å². The van der Waals surface area contributed by atoms with Crippen molar-refractivity contribution in [2.45, 2.75) is 25.9 Å². The van der Waals surface area contributed by atoms with E-state index < -0.39 is 11.9 Å². The van der Waals surface area contributed by atoms with Crippen molar-refractivity contribution in [2.75, 3.05) is 0 Å². The molecule has 2 N–H and O–H groups in total. The first-order valence-corrected chi connectivity index (χ1v) is 6.04. The van der Waals surface area contributed by atoms with E-state index in [2.05, 4.69) is 9.97 Å². The molecule has 20 heavy (non-hydrogen) atoms. The van der Waals surface area contributed by atoms with Crippen LogP contribution >= 0.6 is 0 Å². The first-order chi connectivity index (χ1) is 9.58. The lowest BCUT2D eigenvalue weighted by Gasteiger charge is -2.08. The van der Waals surface area contributed by atoms with Crippen molar-refractivity contribution >= 4 is 11.9 Å². The fourth-order valence-electron chi connectivity index (χ4n) is 1.82. The van der Waals surface area contributed by atoms with Gasteiger partial charge in [0.15, 0.2) is 11.6 Å². The van der Waals surface area contributed by atoms with Crippen molar-refractivity contribution in [3.05, 3.63) is 24.8 Å². The van der Waals surface area contributed by atoms with Gasteiger partial charge in [0.1, 0.15) is 0 Å². The predicted molar refractivity (Wildman–Crippen MR) is 68.0 cm³/mol. The zero-order valence-electron chi connectivity index (χ0n) is 10.6. The summed E-state index contributed by atoms with van der Waals surface area (Å²) in [7, 11) is 0. The number of imidazole rings is 2. The number of hydrogen-bond donors (Lipinski definition) is 2. The number of rotatable bonds is 7. The number of aromatic nitrogens is 4. The molecule has 0 bridgehead atoms. The summed E-state index contributed by atoms with van der Waals surface area (Å²) in [6.45, 7) is 0.576. The first kappa shape index (κ1) is 13.8. The van der Waals surface area contributed by atoms with E-state index in [1.54, 1.807) is 33.9 Å². The Morgan fingerprint density at radius 1 is 0.900 bits per heavy atom. The molecule has 0 aromatic carbocycles. The van der Waals surface area contributed by atoms with Gasteiger partial charge in [0.25, 0.3) is 0 Å². The average Bonchev–Trinajstić information content (AvgIpc) is 3.01. The van der Waals surface area contributed by atoms with Crippen LogP contribution in [0.15, 0.2) is 24.8 Å². The molecular weight excluding hydrogens is 264 g/mol. The van der Waals surface area contributed by atoms with Crippen LogP contribution in [0, 0.1) is 0 Å². The van der Waals surface area contributed by atoms with Crippen LogP contribution in [-0.4, -0.2) is 41.3 Å². The molecular formula is C12H14N4O4. The van der Waals surface area contributed by atoms with Gasteiger partial charge in [-0.2, -0.15) is 0 Å². The van der Waals surface area contributed by atoms with Crippen molar-refractivity contribution in [1.82, 2.24) is 19.1 Å². The topological polar surface area (TPSA) is 110 Å². The zero-order chi connectivity index (χ0) is 14.5. The molecule has 2 aromatic heterocycles. The minimum Gasteiger partial charge on any atom is -0.481 e. The van der Waals surface area contributed by atoms with Gasteiger partial charge in [-0.1, -0.05) is 0 Å². The molecule has 0 fully saturated rings. The minimum absolute atomic E-state index is 0.0147. The third-order valence-corrected chi connectivity index (χ3v) is 2.76. The van der Waals surface area contributed by atoms with Crippen molar-refractivity contribution in [3.63, 3.8) is 0 Å². The fourth-order valence-corrected chi connectivity index (χ4v) is 1.82. The Morgan fingerprint density at radius 2 is 1.30 bits per heavy atom. The third-order valence-electron chi connectivity index (χ3n) is 2.76. The Morgan fingerprint density at radius 3 is 1.65 bits per heavy atom. The van der Waals surface area contributed by atoms with Gasteiger partial charge in [0.05, 0.1) is 12.8 Å². The van der Waals surface area contributed by atoms with Gasteiger partial charge >= 0.3 is 11.9 Å². The number of aryl methyl sites for hydroxylation is 2. The number of nitrogens with zero attached hydrogens (tertiary/aromatic N) is 4. The van der Waals surface area contributed by atoms with Crippen LogP contribution in [0.4, 0.5) is 0 Å². The van der Waals surface area contributed by atoms with Gasteiger partial charge in [-0.15, -0.1) is 0 Å². The molecule has 2 aromatic rings. The van der Waals surface area contributed by atoms with Crippen LogP contribution in [0.3, 0.4) is 0 Å². The van der Waals surface area contributed by atoms with E-state index in [0.29, 0.717) is 11.6 Å². The lowest BCUT2D eigenvalue weighted by atomic mass is 10.4. The molecule has 0 unspecified atom stereocenters. The van der Waals surface area contributed by atoms with Crippen LogP contribution in [0.25, 0.3) is 11.6 Å². The Bertz CT molecular complexity index is 562. The van der Waals surface area contributed by atoms with Gasteiger partial charge in [0.2, 0.25) is 0 Å². The van der Waals surface area contributed by atoms with Crippen LogP contribution in [0.5, 0.6) is 0 Å². The molecule has 0 aliphatic rings. The Balaban J connectivity index is 2.19. The van der Waals surface area contributed by atoms with Crippen molar-refractivity contribution in [3.8, 4) is 11.6 Å². The molecule has 0 aliphatic heterocycles. The monoisotopic (exact) mass is 278 g/mol. The van der Waals surface area contributed by atoms with E-state index in [9.17, 15) is 9.59 Å². The zero-order valence-corrected chi connectivity index (χ0v) is 10.6. The molecule has 0 spiro atoms. The van der Waals surface area contributed by atoms with Gasteiger partial charge < -0.3 is 19.3 Å². The van der Waals surface area contributed by atoms with E-state index in [-0.39, 0.29) is 25.9 Å². The maximum atomic E-state index is 10.6. The molecule has 106 valence electrons. The van der Waals surface area contributed by atoms with Gasteiger partial charge in [-0.3, -0.25) is 9.59 Å². The smallest absolute Gasteiger partial charge is 0.305 e. The number of carboxylic acids is 2. The Hall–Kier alpha value is -2.64. The lowest BCUT2D eigenvalue weighted by molar-refractivity contribution is -0.138. The minimum atomic E-state index is -0.890. The Labute approximate surface area is 114 Å². The predicted octanol–water partition coefficient (Wildman–Crippen LogP) is 0.696. The standard InChI is InChI=1S/C12H14N4O4/c17-9(18)1-5-15-7-3-13-11(15)12-14-4-8-16(12)6-2-10(19)20/h3-4,7-8H,1-2,5-6H2,(H,17,18)(H,19,20). The van der Waals surface area contributed by atoms with Crippen LogP contribution in [-0.2, 0) is 22.7 Å². The molecule has 0 atom stereocenters. The largest absolute Gasteiger partial charge is 0.481 e. The quantitative estimate of drug-likeness (QED) is 0.771. The molecule has 8 nitrogen and oxygen atoms in total. The molecule has 0 aliphatic carbocycles. The molecule has 0 saturated carbocycles. The van der Waals surface area contributed by atoms with E-state index in [4.69, 9.17) is 10.2 Å². The van der Waals surface area contributed by atoms with Crippen molar-refractivity contribution in [1.29, 1.82) is 0 Å². The van der Waals surface area contributed by atoms with E-state index >= 15 is 0 Å². The molecule has 0 radical (unpaired) electrons. The third kappa shape index (κ3) is 3.22. The SMILES string of the molecule is O=C(O)CCn1ccnc1-c1nccn1CCC(=O)O. The summed E-state index contributed by atoms with van der Waals surface area (Å²) in [5, 5.41) is 17.4. The maximum Gasteiger partial charge on any atom is 0.305 e. The summed E-state index contributed by atoms with van der Waals surface area (Å²) in [6, 6.07) is 0. The molecule has 2 rings (SSSR count). The van der Waals surface area contributed by atoms with E-state index in [1.165, 1.54) is 0 Å². The first-order valence-electron chi connectivity index (χ1n) is 6.04. The summed E-state index contributed by atoms with van der Waals surface area (Å²) in [6.07, 6.45) is 6.45. The highest BCUT2D eigenvalue weighted by Gasteiger charge is 2.13. The summed E-state index contributed by atoms with van der Waals surface area (Å²) in [5.41, 5.74) is 0. The summed E-state index contributed by atoms with van der Waals surface area (Å²) in [5.74, 6) is -0.721. The highest BCUT2D eigenvalue weighted by Crippen LogP contribution is 2.16. The molecule has 8 heteroatoms. The van der Waals surface area contributed by atoms with Crippen LogP contribution < -0.4 is 0 Å². The molecule has 2 heterocycles. The van der Waals surface area contributed by atoms with Gasteiger partial charge in [-0.25, -0.2) is 9.97 Å². The normalized spacial score (nSPS) is 10.6. The van der Waals surface area contributed by atoms with E-state index in [0.717, 1.165) is 0 Å². The molecule has 0 saturated heterocycles. The van der Waals surface area contributed by atoms with Gasteiger partial charge in [0, 0.05) is 37.9 Å². The highest BCUT2D eigenvalue weighted by molar-refractivity contribution is 5.67.